The third-order valence-corrected chi connectivity index (χ3v) is 4.66. The van der Waals surface area contributed by atoms with Crippen molar-refractivity contribution in [2.24, 2.45) is 5.92 Å². The van der Waals surface area contributed by atoms with E-state index in [-0.39, 0.29) is 17.9 Å². The van der Waals surface area contributed by atoms with E-state index in [9.17, 15) is 9.59 Å². The van der Waals surface area contributed by atoms with Gasteiger partial charge in [-0.05, 0) is 25.7 Å². The van der Waals surface area contributed by atoms with Gasteiger partial charge in [-0.3, -0.25) is 9.59 Å². The third kappa shape index (κ3) is 4.99. The van der Waals surface area contributed by atoms with Gasteiger partial charge in [0.05, 0.1) is 6.61 Å². The minimum absolute atomic E-state index is 0.0499. The average Bonchev–Trinajstić information content (AvgIpc) is 2.54. The lowest BCUT2D eigenvalue weighted by Gasteiger charge is -2.35. The Kier molecular flexibility index (Phi) is 6.49. The lowest BCUT2D eigenvalue weighted by atomic mass is 9.87. The maximum Gasteiger partial charge on any atom is 0.225 e. The van der Waals surface area contributed by atoms with E-state index in [1.807, 2.05) is 4.90 Å². The number of hydrogen-bond acceptors (Lipinski definition) is 3. The van der Waals surface area contributed by atoms with E-state index in [4.69, 9.17) is 4.74 Å². The zero-order chi connectivity index (χ0) is 15.1. The number of hydrogen-bond donors (Lipinski definition) is 1. The van der Waals surface area contributed by atoms with Crippen molar-refractivity contribution in [3.63, 3.8) is 0 Å². The van der Waals surface area contributed by atoms with Crippen molar-refractivity contribution in [2.45, 2.75) is 57.4 Å². The Balaban J connectivity index is 1.70. The molecule has 2 rings (SSSR count). The summed E-state index contributed by atoms with van der Waals surface area (Å²) in [6.45, 7) is 2.03. The Bertz CT molecular complexity index is 345. The first-order valence-electron chi connectivity index (χ1n) is 8.28. The highest BCUT2D eigenvalue weighted by Gasteiger charge is 2.29. The van der Waals surface area contributed by atoms with Crippen LogP contribution in [-0.4, -0.2) is 49.6 Å². The van der Waals surface area contributed by atoms with Crippen LogP contribution in [0.4, 0.5) is 0 Å². The molecule has 1 saturated heterocycles. The molecule has 1 saturated carbocycles. The predicted molar refractivity (Wildman–Crippen MR) is 80.8 cm³/mol. The quantitative estimate of drug-likeness (QED) is 0.840. The monoisotopic (exact) mass is 296 g/mol. The van der Waals surface area contributed by atoms with Gasteiger partial charge >= 0.3 is 0 Å². The van der Waals surface area contributed by atoms with Crippen LogP contribution in [0.3, 0.4) is 0 Å². The maximum atomic E-state index is 12.4. The van der Waals surface area contributed by atoms with Crippen molar-refractivity contribution in [2.75, 3.05) is 26.8 Å². The fraction of sp³-hybridized carbons (Fsp3) is 0.875. The van der Waals surface area contributed by atoms with Gasteiger partial charge in [-0.1, -0.05) is 19.3 Å². The molecular weight excluding hydrogens is 268 g/mol. The van der Waals surface area contributed by atoms with Crippen LogP contribution in [0, 0.1) is 5.92 Å². The molecule has 0 aromatic carbocycles. The first kappa shape index (κ1) is 16.3. The summed E-state index contributed by atoms with van der Waals surface area (Å²) in [5.74, 6) is 0.652. The largest absolute Gasteiger partial charge is 0.384 e. The van der Waals surface area contributed by atoms with Gasteiger partial charge in [0.2, 0.25) is 11.8 Å². The van der Waals surface area contributed by atoms with Crippen LogP contribution in [0.2, 0.25) is 0 Å². The third-order valence-electron chi connectivity index (χ3n) is 4.66. The fourth-order valence-corrected chi connectivity index (χ4v) is 3.35. The van der Waals surface area contributed by atoms with Crippen LogP contribution in [0.1, 0.15) is 51.4 Å². The second kappa shape index (κ2) is 8.37. The first-order chi connectivity index (χ1) is 10.2. The molecule has 2 fully saturated rings. The molecule has 0 atom stereocenters. The minimum atomic E-state index is 0.0499. The number of nitrogens with zero attached hydrogens (tertiary/aromatic N) is 1. The lowest BCUT2D eigenvalue weighted by molar-refractivity contribution is -0.137. The number of rotatable bonds is 5. The van der Waals surface area contributed by atoms with Gasteiger partial charge in [0.1, 0.15) is 0 Å². The summed E-state index contributed by atoms with van der Waals surface area (Å²) >= 11 is 0. The summed E-state index contributed by atoms with van der Waals surface area (Å²) in [5, 5.41) is 3.04. The summed E-state index contributed by atoms with van der Waals surface area (Å²) in [6.07, 6.45) is 7.95. The molecule has 0 spiro atoms. The molecule has 0 aromatic heterocycles. The van der Waals surface area contributed by atoms with Gasteiger partial charge in [-0.25, -0.2) is 0 Å². The molecule has 0 bridgehead atoms. The summed E-state index contributed by atoms with van der Waals surface area (Å²) < 4.78 is 4.90. The number of amides is 2. The zero-order valence-corrected chi connectivity index (χ0v) is 13.1. The van der Waals surface area contributed by atoms with Gasteiger partial charge < -0.3 is 15.0 Å². The first-order valence-corrected chi connectivity index (χ1v) is 8.28. The van der Waals surface area contributed by atoms with Crippen molar-refractivity contribution in [1.29, 1.82) is 0 Å². The molecule has 0 radical (unpaired) electrons. The summed E-state index contributed by atoms with van der Waals surface area (Å²) in [7, 11) is 1.60. The number of ether oxygens (including phenoxy) is 1. The smallest absolute Gasteiger partial charge is 0.225 e. The van der Waals surface area contributed by atoms with Crippen LogP contribution in [-0.2, 0) is 14.3 Å². The van der Waals surface area contributed by atoms with E-state index in [1.54, 1.807) is 7.11 Å². The Morgan fingerprint density at radius 1 is 1.10 bits per heavy atom. The molecule has 5 heteroatoms. The molecule has 2 amide bonds. The number of methoxy groups -OCH3 is 1. The van der Waals surface area contributed by atoms with Crippen LogP contribution < -0.4 is 5.32 Å². The molecular formula is C16H28N2O3. The maximum absolute atomic E-state index is 12.4. The Morgan fingerprint density at radius 3 is 2.38 bits per heavy atom. The van der Waals surface area contributed by atoms with Crippen LogP contribution in [0.15, 0.2) is 0 Å². The van der Waals surface area contributed by atoms with Gasteiger partial charge in [0.25, 0.3) is 0 Å². The fourth-order valence-electron chi connectivity index (χ4n) is 3.35. The Labute approximate surface area is 127 Å². The summed E-state index contributed by atoms with van der Waals surface area (Å²) in [6, 6.07) is 0.213. The summed E-state index contributed by atoms with van der Waals surface area (Å²) in [4.78, 5) is 26.1. The van der Waals surface area contributed by atoms with E-state index >= 15 is 0 Å². The molecule has 1 aliphatic carbocycles. The molecule has 1 heterocycles. The summed E-state index contributed by atoms with van der Waals surface area (Å²) in [5.41, 5.74) is 0. The van der Waals surface area contributed by atoms with E-state index < -0.39 is 0 Å². The van der Waals surface area contributed by atoms with Crippen molar-refractivity contribution in [3.05, 3.63) is 0 Å². The highest BCUT2D eigenvalue weighted by atomic mass is 16.5. The molecule has 1 aliphatic heterocycles. The van der Waals surface area contributed by atoms with Gasteiger partial charge in [0.15, 0.2) is 0 Å². The molecule has 21 heavy (non-hydrogen) atoms. The van der Waals surface area contributed by atoms with E-state index in [0.717, 1.165) is 38.8 Å². The van der Waals surface area contributed by atoms with Crippen LogP contribution in [0.25, 0.3) is 0 Å². The van der Waals surface area contributed by atoms with Crippen molar-refractivity contribution in [3.8, 4) is 0 Å². The van der Waals surface area contributed by atoms with E-state index in [0.29, 0.717) is 18.9 Å². The van der Waals surface area contributed by atoms with E-state index in [1.165, 1.54) is 19.3 Å². The SMILES string of the molecule is COCCC(=O)NC1CCN(C(=O)C2CCCCC2)CC1. The molecule has 1 N–H and O–H groups in total. The number of carbonyl (C=O) groups is 2. The van der Waals surface area contributed by atoms with E-state index in [2.05, 4.69) is 5.32 Å². The minimum Gasteiger partial charge on any atom is -0.384 e. The zero-order valence-electron chi connectivity index (χ0n) is 13.1. The van der Waals surface area contributed by atoms with Gasteiger partial charge in [0, 0.05) is 38.6 Å². The Morgan fingerprint density at radius 2 is 1.76 bits per heavy atom. The van der Waals surface area contributed by atoms with Crippen LogP contribution in [0.5, 0.6) is 0 Å². The molecule has 2 aliphatic rings. The Hall–Kier alpha value is -1.10. The topological polar surface area (TPSA) is 58.6 Å². The molecule has 120 valence electrons. The van der Waals surface area contributed by atoms with Crippen LogP contribution >= 0.6 is 0 Å². The van der Waals surface area contributed by atoms with Crippen molar-refractivity contribution >= 4 is 11.8 Å². The molecule has 5 nitrogen and oxygen atoms in total. The number of piperidine rings is 1. The van der Waals surface area contributed by atoms with Crippen molar-refractivity contribution in [1.82, 2.24) is 10.2 Å². The number of likely N-dealkylation sites (tertiary alicyclic amines) is 1. The number of nitrogens with one attached hydrogen (secondary N) is 1. The molecule has 0 aromatic rings. The number of carbonyl (C=O) groups excluding carboxylic acids is 2. The second-order valence-electron chi connectivity index (χ2n) is 6.24. The second-order valence-corrected chi connectivity index (χ2v) is 6.24. The standard InChI is InChI=1S/C16H28N2O3/c1-21-12-9-15(19)17-14-7-10-18(11-8-14)16(20)13-5-3-2-4-6-13/h13-14H,2-12H2,1H3,(H,17,19). The highest BCUT2D eigenvalue weighted by molar-refractivity contribution is 5.79. The average molecular weight is 296 g/mol. The van der Waals surface area contributed by atoms with Crippen molar-refractivity contribution < 1.29 is 14.3 Å². The normalized spacial score (nSPS) is 21.3. The van der Waals surface area contributed by atoms with Gasteiger partial charge in [-0.15, -0.1) is 0 Å². The molecule has 0 unspecified atom stereocenters. The highest BCUT2D eigenvalue weighted by Crippen LogP contribution is 2.26. The van der Waals surface area contributed by atoms with Gasteiger partial charge in [-0.2, -0.15) is 0 Å². The lowest BCUT2D eigenvalue weighted by Crippen LogP contribution is -2.48. The predicted octanol–water partition coefficient (Wildman–Crippen LogP) is 1.71.